The second kappa shape index (κ2) is 6.80. The summed E-state index contributed by atoms with van der Waals surface area (Å²) >= 11 is 0. The summed E-state index contributed by atoms with van der Waals surface area (Å²) in [6.45, 7) is 8.92. The van der Waals surface area contributed by atoms with Gasteiger partial charge < -0.3 is 4.98 Å². The number of nitrogens with zero attached hydrogens (tertiary/aromatic N) is 2. The minimum absolute atomic E-state index is 1.04. The van der Waals surface area contributed by atoms with Crippen molar-refractivity contribution in [1.82, 2.24) is 14.8 Å². The molecule has 24 heavy (non-hydrogen) atoms. The fourth-order valence-corrected chi connectivity index (χ4v) is 3.64. The molecule has 2 heterocycles. The minimum Gasteiger partial charge on any atom is -0.361 e. The number of fused-ring (bicyclic) bond motifs is 1. The maximum Gasteiger partial charge on any atom is 0.0457 e. The van der Waals surface area contributed by atoms with Crippen molar-refractivity contribution >= 4 is 10.9 Å². The molecule has 1 fully saturated rings. The van der Waals surface area contributed by atoms with Crippen molar-refractivity contribution in [1.29, 1.82) is 0 Å². The molecule has 0 saturated carbocycles. The largest absolute Gasteiger partial charge is 0.361 e. The number of rotatable bonds is 4. The quantitative estimate of drug-likeness (QED) is 0.790. The first-order chi connectivity index (χ1) is 11.8. The number of aromatic amines is 1. The van der Waals surface area contributed by atoms with Gasteiger partial charge in [-0.3, -0.25) is 9.80 Å². The molecule has 0 unspecified atom stereocenters. The highest BCUT2D eigenvalue weighted by Gasteiger charge is 2.18. The summed E-state index contributed by atoms with van der Waals surface area (Å²) in [6, 6.07) is 17.3. The van der Waals surface area contributed by atoms with Crippen molar-refractivity contribution < 1.29 is 0 Å². The van der Waals surface area contributed by atoms with Crippen molar-refractivity contribution in [3.05, 3.63) is 71.4 Å². The Balaban J connectivity index is 1.35. The lowest BCUT2D eigenvalue weighted by Gasteiger charge is -2.34. The van der Waals surface area contributed by atoms with Crippen LogP contribution < -0.4 is 0 Å². The monoisotopic (exact) mass is 319 g/mol. The molecule has 3 aromatic rings. The molecule has 0 amide bonds. The molecule has 1 saturated heterocycles. The summed E-state index contributed by atoms with van der Waals surface area (Å²) < 4.78 is 0. The molecule has 2 aromatic carbocycles. The SMILES string of the molecule is Cc1ccccc1CN1CCN(Cc2c[nH]c3ccccc23)CC1. The predicted octanol–water partition coefficient (Wildman–Crippen LogP) is 3.79. The Hall–Kier alpha value is -2.10. The molecule has 1 aliphatic heterocycles. The van der Waals surface area contributed by atoms with E-state index in [4.69, 9.17) is 0 Å². The molecule has 3 nitrogen and oxygen atoms in total. The van der Waals surface area contributed by atoms with Crippen LogP contribution in [0.5, 0.6) is 0 Å². The van der Waals surface area contributed by atoms with E-state index < -0.39 is 0 Å². The van der Waals surface area contributed by atoms with Gasteiger partial charge in [0.05, 0.1) is 0 Å². The lowest BCUT2D eigenvalue weighted by atomic mass is 10.1. The second-order valence-corrected chi connectivity index (χ2v) is 6.84. The highest BCUT2D eigenvalue weighted by Crippen LogP contribution is 2.20. The van der Waals surface area contributed by atoms with E-state index in [1.807, 2.05) is 0 Å². The van der Waals surface area contributed by atoms with Crippen LogP contribution in [0.4, 0.5) is 0 Å². The van der Waals surface area contributed by atoms with Crippen LogP contribution in [0.3, 0.4) is 0 Å². The van der Waals surface area contributed by atoms with E-state index in [-0.39, 0.29) is 0 Å². The minimum atomic E-state index is 1.04. The third-order valence-corrected chi connectivity index (χ3v) is 5.19. The lowest BCUT2D eigenvalue weighted by Crippen LogP contribution is -2.45. The number of hydrogen-bond donors (Lipinski definition) is 1. The molecule has 124 valence electrons. The molecule has 0 radical (unpaired) electrons. The smallest absolute Gasteiger partial charge is 0.0457 e. The normalized spacial score (nSPS) is 16.7. The van der Waals surface area contributed by atoms with E-state index >= 15 is 0 Å². The Morgan fingerprint density at radius 1 is 0.792 bits per heavy atom. The Labute approximate surface area is 143 Å². The van der Waals surface area contributed by atoms with Crippen LogP contribution >= 0.6 is 0 Å². The van der Waals surface area contributed by atoms with Crippen LogP contribution in [-0.4, -0.2) is 41.0 Å². The van der Waals surface area contributed by atoms with E-state index in [1.54, 1.807) is 0 Å². The van der Waals surface area contributed by atoms with Gasteiger partial charge in [0.2, 0.25) is 0 Å². The average Bonchev–Trinajstić information content (AvgIpc) is 3.02. The van der Waals surface area contributed by atoms with Gasteiger partial charge in [-0.15, -0.1) is 0 Å². The summed E-state index contributed by atoms with van der Waals surface area (Å²) in [7, 11) is 0. The number of H-pyrrole nitrogens is 1. The number of aromatic nitrogens is 1. The van der Waals surface area contributed by atoms with Crippen LogP contribution in [0, 0.1) is 6.92 Å². The fraction of sp³-hybridized carbons (Fsp3) is 0.333. The van der Waals surface area contributed by atoms with E-state index in [2.05, 4.69) is 76.4 Å². The molecule has 3 heteroatoms. The van der Waals surface area contributed by atoms with Gasteiger partial charge in [0.25, 0.3) is 0 Å². The fourth-order valence-electron chi connectivity index (χ4n) is 3.64. The van der Waals surface area contributed by atoms with E-state index in [1.165, 1.54) is 27.6 Å². The molecule has 1 aromatic heterocycles. The topological polar surface area (TPSA) is 22.3 Å². The van der Waals surface area contributed by atoms with Gasteiger partial charge in [-0.25, -0.2) is 0 Å². The Bertz CT molecular complexity index is 813. The molecule has 0 atom stereocenters. The van der Waals surface area contributed by atoms with Gasteiger partial charge in [0, 0.05) is 56.4 Å². The summed E-state index contributed by atoms with van der Waals surface area (Å²) in [5.74, 6) is 0. The maximum absolute atomic E-state index is 3.39. The Kier molecular flexibility index (Phi) is 4.37. The zero-order valence-electron chi connectivity index (χ0n) is 14.3. The first-order valence-corrected chi connectivity index (χ1v) is 8.84. The van der Waals surface area contributed by atoms with Gasteiger partial charge in [-0.2, -0.15) is 0 Å². The number of hydrogen-bond acceptors (Lipinski definition) is 2. The van der Waals surface area contributed by atoms with Crippen LogP contribution in [0.1, 0.15) is 16.7 Å². The number of piperazine rings is 1. The molecule has 1 aliphatic rings. The third-order valence-electron chi connectivity index (χ3n) is 5.19. The number of aryl methyl sites for hydroxylation is 1. The third kappa shape index (κ3) is 3.23. The Morgan fingerprint density at radius 2 is 1.42 bits per heavy atom. The number of para-hydroxylation sites is 1. The zero-order chi connectivity index (χ0) is 16.4. The average molecular weight is 319 g/mol. The van der Waals surface area contributed by atoms with Gasteiger partial charge in [-0.05, 0) is 29.7 Å². The second-order valence-electron chi connectivity index (χ2n) is 6.84. The molecular formula is C21H25N3. The first kappa shape index (κ1) is 15.4. The standard InChI is InChI=1S/C21H25N3/c1-17-6-2-3-7-18(17)15-23-10-12-24(13-11-23)16-19-14-22-21-9-5-4-8-20(19)21/h2-9,14,22H,10-13,15-16H2,1H3. The Morgan fingerprint density at radius 3 is 2.17 bits per heavy atom. The first-order valence-electron chi connectivity index (χ1n) is 8.84. The lowest BCUT2D eigenvalue weighted by molar-refractivity contribution is 0.122. The van der Waals surface area contributed by atoms with Gasteiger partial charge >= 0.3 is 0 Å². The van der Waals surface area contributed by atoms with Crippen LogP contribution in [0.2, 0.25) is 0 Å². The predicted molar refractivity (Wildman–Crippen MR) is 100 cm³/mol. The van der Waals surface area contributed by atoms with Crippen molar-refractivity contribution in [3.8, 4) is 0 Å². The number of benzene rings is 2. The van der Waals surface area contributed by atoms with E-state index in [0.29, 0.717) is 0 Å². The van der Waals surface area contributed by atoms with Crippen molar-refractivity contribution in [2.75, 3.05) is 26.2 Å². The van der Waals surface area contributed by atoms with Crippen molar-refractivity contribution in [2.45, 2.75) is 20.0 Å². The maximum atomic E-state index is 3.39. The van der Waals surface area contributed by atoms with E-state index in [9.17, 15) is 0 Å². The highest BCUT2D eigenvalue weighted by molar-refractivity contribution is 5.82. The van der Waals surface area contributed by atoms with Crippen molar-refractivity contribution in [2.24, 2.45) is 0 Å². The molecule has 0 spiro atoms. The molecule has 1 N–H and O–H groups in total. The summed E-state index contributed by atoms with van der Waals surface area (Å²) in [4.78, 5) is 8.54. The summed E-state index contributed by atoms with van der Waals surface area (Å²) in [6.07, 6.45) is 2.17. The summed E-state index contributed by atoms with van der Waals surface area (Å²) in [5.41, 5.74) is 5.52. The zero-order valence-corrected chi connectivity index (χ0v) is 14.3. The highest BCUT2D eigenvalue weighted by atomic mass is 15.3. The van der Waals surface area contributed by atoms with Gasteiger partial charge in [0.15, 0.2) is 0 Å². The van der Waals surface area contributed by atoms with Crippen molar-refractivity contribution in [3.63, 3.8) is 0 Å². The van der Waals surface area contributed by atoms with Crippen LogP contribution in [-0.2, 0) is 13.1 Å². The molecule has 0 aliphatic carbocycles. The molecule has 4 rings (SSSR count). The molecular weight excluding hydrogens is 294 g/mol. The van der Waals surface area contributed by atoms with Crippen LogP contribution in [0.25, 0.3) is 10.9 Å². The van der Waals surface area contributed by atoms with Gasteiger partial charge in [-0.1, -0.05) is 42.5 Å². The van der Waals surface area contributed by atoms with Crippen LogP contribution in [0.15, 0.2) is 54.7 Å². The van der Waals surface area contributed by atoms with Gasteiger partial charge in [0.1, 0.15) is 0 Å². The summed E-state index contributed by atoms with van der Waals surface area (Å²) in [5, 5.41) is 1.36. The van der Waals surface area contributed by atoms with E-state index in [0.717, 1.165) is 39.3 Å². The number of nitrogens with one attached hydrogen (secondary N) is 1. The molecule has 0 bridgehead atoms.